The predicted octanol–water partition coefficient (Wildman–Crippen LogP) is 1.42. The topological polar surface area (TPSA) is 50.8 Å². The average Bonchev–Trinajstić information content (AvgIpc) is 3.28. The van der Waals surface area contributed by atoms with E-state index in [0.29, 0.717) is 12.1 Å². The summed E-state index contributed by atoms with van der Waals surface area (Å²) in [5.41, 5.74) is 0. The van der Waals surface area contributed by atoms with Gasteiger partial charge in [-0.2, -0.15) is 0 Å². The molecule has 20 heavy (non-hydrogen) atoms. The molecule has 0 aromatic rings. The Morgan fingerprint density at radius 1 is 1.35 bits per heavy atom. The number of carbonyl (C=O) groups is 1. The fourth-order valence-corrected chi connectivity index (χ4v) is 2.26. The van der Waals surface area contributed by atoms with E-state index in [1.54, 1.807) is 7.11 Å². The molecule has 1 aliphatic rings. The molecule has 1 aliphatic carbocycles. The number of esters is 1. The highest BCUT2D eigenvalue weighted by atomic mass is 16.5. The molecule has 0 aliphatic heterocycles. The number of hydrogen-bond donors (Lipinski definition) is 1. The fourth-order valence-electron chi connectivity index (χ4n) is 2.26. The molecular formula is C15H30N2O3. The Hall–Kier alpha value is -0.650. The molecule has 118 valence electrons. The smallest absolute Gasteiger partial charge is 0.322 e. The number of nitrogens with one attached hydrogen (secondary N) is 1. The maximum Gasteiger partial charge on any atom is 0.322 e. The summed E-state index contributed by atoms with van der Waals surface area (Å²) >= 11 is 0. The van der Waals surface area contributed by atoms with Crippen LogP contribution in [0, 0.1) is 0 Å². The Morgan fingerprint density at radius 2 is 2.05 bits per heavy atom. The lowest BCUT2D eigenvalue weighted by atomic mass is 10.1. The van der Waals surface area contributed by atoms with Gasteiger partial charge in [0.05, 0.1) is 13.7 Å². The summed E-state index contributed by atoms with van der Waals surface area (Å²) in [5.74, 6) is -0.146. The summed E-state index contributed by atoms with van der Waals surface area (Å²) in [5, 5.41) is 3.38. The van der Waals surface area contributed by atoms with Crippen LogP contribution in [0.1, 0.15) is 39.5 Å². The second-order valence-electron chi connectivity index (χ2n) is 5.59. The van der Waals surface area contributed by atoms with Crippen molar-refractivity contribution >= 4 is 5.97 Å². The Morgan fingerprint density at radius 3 is 2.55 bits per heavy atom. The summed E-state index contributed by atoms with van der Waals surface area (Å²) in [4.78, 5) is 14.2. The first kappa shape index (κ1) is 17.4. The summed E-state index contributed by atoms with van der Waals surface area (Å²) in [7, 11) is 3.18. The molecule has 1 N–H and O–H groups in total. The molecule has 2 unspecified atom stereocenters. The Labute approximate surface area is 123 Å². The lowest BCUT2D eigenvalue weighted by Gasteiger charge is -2.29. The van der Waals surface area contributed by atoms with Crippen LogP contribution >= 0.6 is 0 Å². The molecule has 0 saturated heterocycles. The van der Waals surface area contributed by atoms with Crippen LogP contribution in [0.4, 0.5) is 0 Å². The van der Waals surface area contributed by atoms with Crippen LogP contribution in [0.15, 0.2) is 0 Å². The van der Waals surface area contributed by atoms with Crippen molar-refractivity contribution in [2.75, 3.05) is 33.9 Å². The van der Waals surface area contributed by atoms with Crippen LogP contribution in [-0.4, -0.2) is 62.9 Å². The minimum Gasteiger partial charge on any atom is -0.468 e. The summed E-state index contributed by atoms with van der Waals surface area (Å²) in [6.07, 6.45) is 4.23. The highest BCUT2D eigenvalue weighted by Gasteiger charge is 2.29. The van der Waals surface area contributed by atoms with E-state index in [1.165, 1.54) is 20.0 Å². The maximum atomic E-state index is 11.8. The van der Waals surface area contributed by atoms with E-state index < -0.39 is 0 Å². The first-order valence-electron chi connectivity index (χ1n) is 7.69. The van der Waals surface area contributed by atoms with Gasteiger partial charge in [-0.3, -0.25) is 9.69 Å². The molecule has 1 rings (SSSR count). The van der Waals surface area contributed by atoms with Crippen LogP contribution in [0.25, 0.3) is 0 Å². The third-order valence-corrected chi connectivity index (χ3v) is 4.00. The number of carbonyl (C=O) groups excluding carboxylic acids is 1. The molecule has 0 aromatic heterocycles. The van der Waals surface area contributed by atoms with E-state index in [-0.39, 0.29) is 12.0 Å². The van der Waals surface area contributed by atoms with Crippen LogP contribution in [0.2, 0.25) is 0 Å². The van der Waals surface area contributed by atoms with Gasteiger partial charge in [-0.25, -0.2) is 0 Å². The van der Waals surface area contributed by atoms with Gasteiger partial charge in [0.2, 0.25) is 0 Å². The van der Waals surface area contributed by atoms with Crippen molar-refractivity contribution in [1.29, 1.82) is 0 Å². The van der Waals surface area contributed by atoms with Crippen LogP contribution in [0.5, 0.6) is 0 Å². The second kappa shape index (κ2) is 9.32. The zero-order valence-electron chi connectivity index (χ0n) is 13.4. The quantitative estimate of drug-likeness (QED) is 0.582. The van der Waals surface area contributed by atoms with E-state index in [2.05, 4.69) is 24.1 Å². The third-order valence-electron chi connectivity index (χ3n) is 4.00. The maximum absolute atomic E-state index is 11.8. The number of nitrogens with zero attached hydrogens (tertiary/aromatic N) is 1. The van der Waals surface area contributed by atoms with Crippen molar-refractivity contribution in [2.45, 2.75) is 57.7 Å². The molecule has 0 aromatic carbocycles. The van der Waals surface area contributed by atoms with Crippen LogP contribution < -0.4 is 5.32 Å². The van der Waals surface area contributed by atoms with E-state index in [9.17, 15) is 4.79 Å². The standard InChI is InChI=1S/C15H30N2O3/c1-5-12(2)17(10-11-19-3)9-8-14(15(18)20-4)16-13-6-7-13/h12-14,16H,5-11H2,1-4H3. The van der Waals surface area contributed by atoms with Crippen molar-refractivity contribution in [1.82, 2.24) is 10.2 Å². The lowest BCUT2D eigenvalue weighted by molar-refractivity contribution is -0.143. The van der Waals surface area contributed by atoms with Crippen LogP contribution in [0.3, 0.4) is 0 Å². The van der Waals surface area contributed by atoms with Gasteiger partial charge in [0.1, 0.15) is 6.04 Å². The van der Waals surface area contributed by atoms with Crippen molar-refractivity contribution < 1.29 is 14.3 Å². The Kier molecular flexibility index (Phi) is 8.11. The number of ether oxygens (including phenoxy) is 2. The number of hydrogen-bond acceptors (Lipinski definition) is 5. The van der Waals surface area contributed by atoms with E-state index in [1.807, 2.05) is 0 Å². The normalized spacial score (nSPS) is 18.1. The van der Waals surface area contributed by atoms with Gasteiger partial charge in [0.25, 0.3) is 0 Å². The van der Waals surface area contributed by atoms with Crippen molar-refractivity contribution in [2.24, 2.45) is 0 Å². The SMILES string of the molecule is CCC(C)N(CCOC)CCC(NC1CC1)C(=O)OC. The molecule has 5 nitrogen and oxygen atoms in total. The van der Waals surface area contributed by atoms with Gasteiger partial charge in [0, 0.05) is 32.3 Å². The highest BCUT2D eigenvalue weighted by molar-refractivity contribution is 5.75. The summed E-state index contributed by atoms with van der Waals surface area (Å²) < 4.78 is 10.1. The molecule has 1 fully saturated rings. The number of methoxy groups -OCH3 is 2. The molecule has 0 heterocycles. The minimum absolute atomic E-state index is 0.146. The van der Waals surface area contributed by atoms with Crippen LogP contribution in [-0.2, 0) is 14.3 Å². The molecule has 0 bridgehead atoms. The van der Waals surface area contributed by atoms with Gasteiger partial charge in [-0.1, -0.05) is 6.92 Å². The average molecular weight is 286 g/mol. The van der Waals surface area contributed by atoms with Gasteiger partial charge in [-0.05, 0) is 32.6 Å². The molecule has 0 amide bonds. The second-order valence-corrected chi connectivity index (χ2v) is 5.59. The van der Waals surface area contributed by atoms with E-state index in [4.69, 9.17) is 9.47 Å². The molecule has 1 saturated carbocycles. The Bertz CT molecular complexity index is 282. The largest absolute Gasteiger partial charge is 0.468 e. The van der Waals surface area contributed by atoms with Gasteiger partial charge in [0.15, 0.2) is 0 Å². The molecule has 0 radical (unpaired) electrons. The Balaban J connectivity index is 2.45. The summed E-state index contributed by atoms with van der Waals surface area (Å²) in [6.45, 7) is 6.92. The molecule has 5 heteroatoms. The van der Waals surface area contributed by atoms with Crippen molar-refractivity contribution in [3.63, 3.8) is 0 Å². The molecule has 0 spiro atoms. The van der Waals surface area contributed by atoms with E-state index in [0.717, 1.165) is 32.5 Å². The fraction of sp³-hybridized carbons (Fsp3) is 0.933. The third kappa shape index (κ3) is 6.20. The first-order valence-corrected chi connectivity index (χ1v) is 7.69. The van der Waals surface area contributed by atoms with Gasteiger partial charge >= 0.3 is 5.97 Å². The zero-order chi connectivity index (χ0) is 15.0. The van der Waals surface area contributed by atoms with E-state index >= 15 is 0 Å². The van der Waals surface area contributed by atoms with Gasteiger partial charge < -0.3 is 14.8 Å². The molecular weight excluding hydrogens is 256 g/mol. The van der Waals surface area contributed by atoms with Crippen molar-refractivity contribution in [3.8, 4) is 0 Å². The lowest BCUT2D eigenvalue weighted by Crippen LogP contribution is -2.44. The summed E-state index contributed by atoms with van der Waals surface area (Å²) in [6, 6.07) is 0.834. The number of rotatable bonds is 11. The monoisotopic (exact) mass is 286 g/mol. The minimum atomic E-state index is -0.179. The predicted molar refractivity (Wildman–Crippen MR) is 79.8 cm³/mol. The first-order chi connectivity index (χ1) is 9.62. The zero-order valence-corrected chi connectivity index (χ0v) is 13.4. The van der Waals surface area contributed by atoms with Crippen molar-refractivity contribution in [3.05, 3.63) is 0 Å². The molecule has 2 atom stereocenters. The highest BCUT2D eigenvalue weighted by Crippen LogP contribution is 2.20. The van der Waals surface area contributed by atoms with Gasteiger partial charge in [-0.15, -0.1) is 0 Å².